The quantitative estimate of drug-likeness (QED) is 0.861. The predicted octanol–water partition coefficient (Wildman–Crippen LogP) is 3.58. The smallest absolute Gasteiger partial charge is 0.0826 e. The number of likely N-dealkylation sites (N-methyl/N-ethyl adjacent to an activating group) is 1. The predicted molar refractivity (Wildman–Crippen MR) is 89.8 cm³/mol. The highest BCUT2D eigenvalue weighted by atomic mass is 16.5. The molecule has 1 saturated heterocycles. The zero-order valence-corrected chi connectivity index (χ0v) is 14.1. The summed E-state index contributed by atoms with van der Waals surface area (Å²) in [5.41, 5.74) is 0. The van der Waals surface area contributed by atoms with Gasteiger partial charge in [0.1, 0.15) is 0 Å². The first-order valence-corrected chi connectivity index (χ1v) is 9.40. The highest BCUT2D eigenvalue weighted by Gasteiger charge is 2.25. The minimum atomic E-state index is 0.394. The van der Waals surface area contributed by atoms with Gasteiger partial charge < -0.3 is 10.1 Å². The first kappa shape index (κ1) is 17.2. The van der Waals surface area contributed by atoms with Gasteiger partial charge in [-0.3, -0.25) is 4.90 Å². The van der Waals surface area contributed by atoms with Gasteiger partial charge in [0.05, 0.1) is 12.7 Å². The minimum Gasteiger partial charge on any atom is -0.374 e. The van der Waals surface area contributed by atoms with Crippen molar-refractivity contribution in [1.29, 1.82) is 0 Å². The van der Waals surface area contributed by atoms with Crippen LogP contribution in [0.4, 0.5) is 0 Å². The minimum absolute atomic E-state index is 0.394. The Hall–Kier alpha value is -0.120. The van der Waals surface area contributed by atoms with Gasteiger partial charge in [-0.05, 0) is 19.9 Å². The molecular weight excluding hydrogens is 260 g/mol. The lowest BCUT2D eigenvalue weighted by Crippen LogP contribution is -2.50. The van der Waals surface area contributed by atoms with Gasteiger partial charge in [0, 0.05) is 25.7 Å². The Morgan fingerprint density at radius 1 is 0.905 bits per heavy atom. The maximum Gasteiger partial charge on any atom is 0.0826 e. The van der Waals surface area contributed by atoms with E-state index in [1.807, 2.05) is 7.05 Å². The van der Waals surface area contributed by atoms with Crippen molar-refractivity contribution >= 4 is 0 Å². The molecule has 1 aliphatic carbocycles. The molecule has 1 N–H and O–H groups in total. The van der Waals surface area contributed by atoms with Crippen molar-refractivity contribution in [2.24, 2.45) is 0 Å². The van der Waals surface area contributed by atoms with Crippen LogP contribution < -0.4 is 5.32 Å². The molecule has 0 spiro atoms. The SMILES string of the molecule is CNCC1CN(C2CCCCCCCCCCC2)CCO1. The van der Waals surface area contributed by atoms with E-state index < -0.39 is 0 Å². The van der Waals surface area contributed by atoms with Crippen molar-refractivity contribution in [3.05, 3.63) is 0 Å². The van der Waals surface area contributed by atoms with Crippen LogP contribution in [0.15, 0.2) is 0 Å². The summed E-state index contributed by atoms with van der Waals surface area (Å²) in [5.74, 6) is 0. The summed E-state index contributed by atoms with van der Waals surface area (Å²) >= 11 is 0. The summed E-state index contributed by atoms with van der Waals surface area (Å²) in [4.78, 5) is 2.73. The second-order valence-electron chi connectivity index (χ2n) is 6.96. The molecule has 3 nitrogen and oxygen atoms in total. The molecule has 124 valence electrons. The van der Waals surface area contributed by atoms with Crippen molar-refractivity contribution in [2.75, 3.05) is 33.3 Å². The van der Waals surface area contributed by atoms with E-state index in [-0.39, 0.29) is 0 Å². The molecule has 0 amide bonds. The zero-order valence-electron chi connectivity index (χ0n) is 14.1. The normalized spacial score (nSPS) is 28.7. The van der Waals surface area contributed by atoms with E-state index in [1.54, 1.807) is 0 Å². The molecule has 1 atom stereocenters. The van der Waals surface area contributed by atoms with E-state index in [0.717, 1.165) is 32.3 Å². The third-order valence-corrected chi connectivity index (χ3v) is 5.19. The van der Waals surface area contributed by atoms with Gasteiger partial charge in [-0.25, -0.2) is 0 Å². The molecule has 0 aromatic heterocycles. The number of nitrogens with one attached hydrogen (secondary N) is 1. The van der Waals surface area contributed by atoms with Crippen LogP contribution in [0.3, 0.4) is 0 Å². The molecule has 1 aliphatic heterocycles. The van der Waals surface area contributed by atoms with Crippen molar-refractivity contribution in [3.63, 3.8) is 0 Å². The first-order chi connectivity index (χ1) is 10.4. The molecule has 0 aromatic carbocycles. The molecule has 21 heavy (non-hydrogen) atoms. The van der Waals surface area contributed by atoms with Crippen molar-refractivity contribution in [2.45, 2.75) is 82.8 Å². The van der Waals surface area contributed by atoms with Crippen LogP contribution in [0.2, 0.25) is 0 Å². The van der Waals surface area contributed by atoms with Crippen molar-refractivity contribution < 1.29 is 4.74 Å². The number of hydrogen-bond acceptors (Lipinski definition) is 3. The summed E-state index contributed by atoms with van der Waals surface area (Å²) in [5, 5.41) is 3.27. The third kappa shape index (κ3) is 6.66. The molecular formula is C18H36N2O. The lowest BCUT2D eigenvalue weighted by atomic mass is 9.96. The molecule has 2 rings (SSSR count). The van der Waals surface area contributed by atoms with Crippen LogP contribution in [-0.4, -0.2) is 50.3 Å². The Kier molecular flexibility index (Phi) is 8.68. The monoisotopic (exact) mass is 296 g/mol. The number of nitrogens with zero attached hydrogens (tertiary/aromatic N) is 1. The van der Waals surface area contributed by atoms with Gasteiger partial charge in [0.25, 0.3) is 0 Å². The number of hydrogen-bond donors (Lipinski definition) is 1. The zero-order chi connectivity index (χ0) is 14.8. The summed E-state index contributed by atoms with van der Waals surface area (Å²) in [6.45, 7) is 4.18. The van der Waals surface area contributed by atoms with Crippen LogP contribution >= 0.6 is 0 Å². The fourth-order valence-corrected chi connectivity index (χ4v) is 3.93. The highest BCUT2D eigenvalue weighted by molar-refractivity contribution is 4.79. The molecule has 0 aromatic rings. The van der Waals surface area contributed by atoms with E-state index in [1.165, 1.54) is 70.6 Å². The third-order valence-electron chi connectivity index (χ3n) is 5.19. The van der Waals surface area contributed by atoms with Crippen molar-refractivity contribution in [1.82, 2.24) is 10.2 Å². The molecule has 3 heteroatoms. The van der Waals surface area contributed by atoms with Crippen LogP contribution in [-0.2, 0) is 4.74 Å². The fourth-order valence-electron chi connectivity index (χ4n) is 3.93. The molecule has 0 bridgehead atoms. The molecule has 1 heterocycles. The van der Waals surface area contributed by atoms with E-state index >= 15 is 0 Å². The van der Waals surface area contributed by atoms with Gasteiger partial charge >= 0.3 is 0 Å². The average Bonchev–Trinajstić information content (AvgIpc) is 2.48. The second-order valence-corrected chi connectivity index (χ2v) is 6.96. The Bertz CT molecular complexity index is 246. The highest BCUT2D eigenvalue weighted by Crippen LogP contribution is 2.22. The van der Waals surface area contributed by atoms with E-state index in [4.69, 9.17) is 4.74 Å². The summed E-state index contributed by atoms with van der Waals surface area (Å²) in [7, 11) is 2.03. The molecule has 1 unspecified atom stereocenters. The van der Waals surface area contributed by atoms with Gasteiger partial charge in [-0.2, -0.15) is 0 Å². The Morgan fingerprint density at radius 3 is 2.05 bits per heavy atom. The van der Waals surface area contributed by atoms with Gasteiger partial charge in [0.15, 0.2) is 0 Å². The number of ether oxygens (including phenoxy) is 1. The standard InChI is InChI=1S/C18H36N2O/c1-19-15-18-16-20(13-14-21-18)17-11-9-7-5-3-2-4-6-8-10-12-17/h17-19H,2-16H2,1H3. The summed E-state index contributed by atoms with van der Waals surface area (Å²) < 4.78 is 5.87. The van der Waals surface area contributed by atoms with E-state index in [9.17, 15) is 0 Å². The van der Waals surface area contributed by atoms with Crippen LogP contribution in [0.5, 0.6) is 0 Å². The van der Waals surface area contributed by atoms with Gasteiger partial charge in [-0.15, -0.1) is 0 Å². The largest absolute Gasteiger partial charge is 0.374 e. The van der Waals surface area contributed by atoms with E-state index in [0.29, 0.717) is 6.10 Å². The van der Waals surface area contributed by atoms with Gasteiger partial charge in [0.2, 0.25) is 0 Å². The molecule has 1 saturated carbocycles. The summed E-state index contributed by atoms with van der Waals surface area (Å²) in [6.07, 6.45) is 16.3. The van der Waals surface area contributed by atoms with Crippen LogP contribution in [0, 0.1) is 0 Å². The average molecular weight is 296 g/mol. The number of rotatable bonds is 3. The Morgan fingerprint density at radius 2 is 1.48 bits per heavy atom. The maximum absolute atomic E-state index is 5.87. The van der Waals surface area contributed by atoms with Crippen LogP contribution in [0.25, 0.3) is 0 Å². The number of morpholine rings is 1. The second kappa shape index (κ2) is 10.6. The molecule has 0 radical (unpaired) electrons. The summed E-state index contributed by atoms with van der Waals surface area (Å²) in [6, 6.07) is 0.813. The Balaban J connectivity index is 1.81. The van der Waals surface area contributed by atoms with Crippen LogP contribution in [0.1, 0.15) is 70.6 Å². The molecule has 2 fully saturated rings. The maximum atomic E-state index is 5.87. The molecule has 2 aliphatic rings. The lowest BCUT2D eigenvalue weighted by Gasteiger charge is -2.38. The topological polar surface area (TPSA) is 24.5 Å². The lowest BCUT2D eigenvalue weighted by molar-refractivity contribution is -0.0441. The van der Waals surface area contributed by atoms with Crippen molar-refractivity contribution in [3.8, 4) is 0 Å². The van der Waals surface area contributed by atoms with Gasteiger partial charge in [-0.1, -0.05) is 57.8 Å². The Labute approximate surface area is 131 Å². The first-order valence-electron chi connectivity index (χ1n) is 9.40. The fraction of sp³-hybridized carbons (Fsp3) is 1.00. The van der Waals surface area contributed by atoms with E-state index in [2.05, 4.69) is 10.2 Å².